The summed E-state index contributed by atoms with van der Waals surface area (Å²) < 4.78 is 23.6. The predicted octanol–water partition coefficient (Wildman–Crippen LogP) is 13.4. The molecule has 8 nitrogen and oxygen atoms in total. The zero-order valence-corrected chi connectivity index (χ0v) is 39.4. The topological polar surface area (TPSA) is 105 Å². The smallest absolute Gasteiger partial charge is 0.387 e. The van der Waals surface area contributed by atoms with Crippen molar-refractivity contribution in [3.05, 3.63) is 85.1 Å². The van der Waals surface area contributed by atoms with E-state index in [0.29, 0.717) is 17.4 Å². The Morgan fingerprint density at radius 1 is 0.593 bits per heavy atom. The molecule has 3 unspecified atom stereocenters. The number of hydrogen-bond donors (Lipinski definition) is 3. The van der Waals surface area contributed by atoms with Crippen molar-refractivity contribution in [2.75, 3.05) is 40.9 Å². The standard InChI is InChI=1S/C50H89N2O6P/c1-6-8-10-12-14-16-18-20-22-24-25-26-27-28-30-32-34-36-38-40-42-44-50(54)51-48(47-58-59(55,56)57-46-45-52(3,4)5)49(53)43-41-39-37-35-33-31-29-23-21-19-17-15-13-11-9-7-2/h8,10,14,16,20-23,25-26,33,35,41,43,48-49,53H,6-7,9,11-13,15,17-19,24,27-32,34,36-40,42,44-47H2,1-5H3,(H-,51,54,55,56)/p+1/b10-8-,16-14-,22-20-,23-21+,26-25-,35-33+,43-41+. The van der Waals surface area contributed by atoms with Gasteiger partial charge in [-0.15, -0.1) is 0 Å². The molecule has 340 valence electrons. The molecule has 0 aromatic carbocycles. The first-order chi connectivity index (χ1) is 28.5. The first-order valence-electron chi connectivity index (χ1n) is 23.5. The molecular formula is C50H90N2O6P+. The molecule has 0 spiro atoms. The number of unbranched alkanes of at least 4 members (excludes halogenated alkanes) is 16. The SMILES string of the molecule is CC/C=C\C/C=C\C/C=C\C/C=C\CCCCCCCCCCC(=O)NC(COP(=O)(O)OCC[N+](C)(C)C)C(O)/C=C/CC/C=C/CC/C=C/CCCCCCCC. The van der Waals surface area contributed by atoms with Crippen LogP contribution in [0.3, 0.4) is 0 Å². The summed E-state index contributed by atoms with van der Waals surface area (Å²) in [7, 11) is 1.53. The lowest BCUT2D eigenvalue weighted by atomic mass is 10.1. The lowest BCUT2D eigenvalue weighted by Crippen LogP contribution is -2.45. The van der Waals surface area contributed by atoms with Crippen molar-refractivity contribution in [3.8, 4) is 0 Å². The molecule has 0 rings (SSSR count). The summed E-state index contributed by atoms with van der Waals surface area (Å²) in [5.74, 6) is -0.204. The maximum Gasteiger partial charge on any atom is 0.472 e. The fourth-order valence-corrected chi connectivity index (χ4v) is 6.86. The zero-order chi connectivity index (χ0) is 43.6. The van der Waals surface area contributed by atoms with E-state index in [4.69, 9.17) is 9.05 Å². The molecule has 59 heavy (non-hydrogen) atoms. The molecule has 3 N–H and O–H groups in total. The Labute approximate surface area is 363 Å². The van der Waals surface area contributed by atoms with E-state index in [1.807, 2.05) is 27.2 Å². The molecule has 0 aromatic rings. The highest BCUT2D eigenvalue weighted by Crippen LogP contribution is 2.43. The van der Waals surface area contributed by atoms with Gasteiger partial charge in [-0.05, 0) is 83.5 Å². The summed E-state index contributed by atoms with van der Waals surface area (Å²) in [6, 6.07) is -0.878. The predicted molar refractivity (Wildman–Crippen MR) is 253 cm³/mol. The summed E-state index contributed by atoms with van der Waals surface area (Å²) in [5, 5.41) is 13.8. The number of nitrogens with zero attached hydrogens (tertiary/aromatic N) is 1. The molecule has 0 heterocycles. The van der Waals surface area contributed by atoms with Gasteiger partial charge < -0.3 is 19.8 Å². The molecular weight excluding hydrogens is 756 g/mol. The summed E-state index contributed by atoms with van der Waals surface area (Å²) in [6.45, 7) is 4.64. The van der Waals surface area contributed by atoms with Crippen LogP contribution in [0.5, 0.6) is 0 Å². The average Bonchev–Trinajstić information content (AvgIpc) is 3.19. The van der Waals surface area contributed by atoms with Crippen LogP contribution in [0.25, 0.3) is 0 Å². The van der Waals surface area contributed by atoms with Gasteiger partial charge in [-0.25, -0.2) is 4.57 Å². The van der Waals surface area contributed by atoms with E-state index in [2.05, 4.69) is 92.1 Å². The van der Waals surface area contributed by atoms with E-state index >= 15 is 0 Å². The van der Waals surface area contributed by atoms with E-state index in [0.717, 1.165) is 83.5 Å². The van der Waals surface area contributed by atoms with Gasteiger partial charge in [-0.2, -0.15) is 0 Å². The van der Waals surface area contributed by atoms with Crippen molar-refractivity contribution in [1.82, 2.24) is 5.32 Å². The van der Waals surface area contributed by atoms with E-state index in [1.165, 1.54) is 70.6 Å². The van der Waals surface area contributed by atoms with Crippen LogP contribution in [-0.4, -0.2) is 73.4 Å². The Bertz CT molecular complexity index is 1230. The molecule has 3 atom stereocenters. The van der Waals surface area contributed by atoms with Gasteiger partial charge >= 0.3 is 7.82 Å². The van der Waals surface area contributed by atoms with Gasteiger partial charge in [0.15, 0.2) is 0 Å². The third kappa shape index (κ3) is 43.6. The van der Waals surface area contributed by atoms with Gasteiger partial charge in [0, 0.05) is 6.42 Å². The average molecular weight is 846 g/mol. The molecule has 0 aromatic heterocycles. The molecule has 0 fully saturated rings. The minimum Gasteiger partial charge on any atom is -0.387 e. The van der Waals surface area contributed by atoms with Crippen LogP contribution >= 0.6 is 7.82 Å². The van der Waals surface area contributed by atoms with Gasteiger partial charge in [-0.3, -0.25) is 13.8 Å². The van der Waals surface area contributed by atoms with Crippen LogP contribution < -0.4 is 5.32 Å². The van der Waals surface area contributed by atoms with Crippen molar-refractivity contribution in [2.45, 2.75) is 187 Å². The first-order valence-corrected chi connectivity index (χ1v) is 25.0. The van der Waals surface area contributed by atoms with Gasteiger partial charge in [0.25, 0.3) is 0 Å². The highest BCUT2D eigenvalue weighted by atomic mass is 31.2. The fraction of sp³-hybridized carbons (Fsp3) is 0.700. The molecule has 1 amide bonds. The number of hydrogen-bond acceptors (Lipinski definition) is 5. The Morgan fingerprint density at radius 2 is 1.03 bits per heavy atom. The van der Waals surface area contributed by atoms with E-state index in [1.54, 1.807) is 6.08 Å². The highest BCUT2D eigenvalue weighted by molar-refractivity contribution is 7.47. The van der Waals surface area contributed by atoms with Gasteiger partial charge in [-0.1, -0.05) is 170 Å². The summed E-state index contributed by atoms with van der Waals surface area (Å²) in [5.41, 5.74) is 0. The first kappa shape index (κ1) is 56.7. The summed E-state index contributed by atoms with van der Waals surface area (Å²) >= 11 is 0. The molecule has 0 aliphatic rings. The van der Waals surface area contributed by atoms with Crippen molar-refractivity contribution in [1.29, 1.82) is 0 Å². The normalized spacial score (nSPS) is 15.0. The van der Waals surface area contributed by atoms with Crippen molar-refractivity contribution >= 4 is 13.7 Å². The van der Waals surface area contributed by atoms with E-state index < -0.39 is 20.0 Å². The number of likely N-dealkylation sites (N-methyl/N-ethyl adjacent to an activating group) is 1. The number of quaternary nitrogens is 1. The number of rotatable bonds is 41. The van der Waals surface area contributed by atoms with Crippen LogP contribution in [0.15, 0.2) is 85.1 Å². The van der Waals surface area contributed by atoms with Crippen LogP contribution in [-0.2, 0) is 18.4 Å². The van der Waals surface area contributed by atoms with E-state index in [9.17, 15) is 19.4 Å². The van der Waals surface area contributed by atoms with Crippen molar-refractivity contribution < 1.29 is 32.9 Å². The Hall–Kier alpha value is -2.32. The third-order valence-corrected chi connectivity index (χ3v) is 10.8. The number of allylic oxidation sites excluding steroid dienone is 13. The second-order valence-corrected chi connectivity index (χ2v) is 18.2. The second kappa shape index (κ2) is 41.1. The van der Waals surface area contributed by atoms with Crippen LogP contribution in [0, 0.1) is 0 Å². The van der Waals surface area contributed by atoms with Crippen LogP contribution in [0.4, 0.5) is 0 Å². The molecule has 0 bridgehead atoms. The number of aliphatic hydroxyl groups excluding tert-OH is 1. The summed E-state index contributed by atoms with van der Waals surface area (Å²) in [4.78, 5) is 23.2. The second-order valence-electron chi connectivity index (χ2n) is 16.7. The quantitative estimate of drug-likeness (QED) is 0.0245. The number of phosphoric ester groups is 1. The van der Waals surface area contributed by atoms with Gasteiger partial charge in [0.05, 0.1) is 39.9 Å². The number of phosphoric acid groups is 1. The Balaban J connectivity index is 4.46. The van der Waals surface area contributed by atoms with Crippen LogP contribution in [0.1, 0.15) is 174 Å². The largest absolute Gasteiger partial charge is 0.472 e. The number of carbonyl (C=O) groups excluding carboxylic acids is 1. The van der Waals surface area contributed by atoms with Gasteiger partial charge in [0.1, 0.15) is 13.2 Å². The highest BCUT2D eigenvalue weighted by Gasteiger charge is 2.27. The number of carbonyl (C=O) groups is 1. The Morgan fingerprint density at radius 3 is 1.56 bits per heavy atom. The minimum absolute atomic E-state index is 0.0474. The molecule has 0 saturated carbocycles. The zero-order valence-electron chi connectivity index (χ0n) is 38.5. The molecule has 0 radical (unpaired) electrons. The Kier molecular flexibility index (Phi) is 39.4. The van der Waals surface area contributed by atoms with Crippen LogP contribution in [0.2, 0.25) is 0 Å². The maximum atomic E-state index is 12.9. The molecule has 0 aliphatic carbocycles. The van der Waals surface area contributed by atoms with Gasteiger partial charge in [0.2, 0.25) is 5.91 Å². The van der Waals surface area contributed by atoms with Crippen molar-refractivity contribution in [3.63, 3.8) is 0 Å². The lowest BCUT2D eigenvalue weighted by Gasteiger charge is -2.25. The lowest BCUT2D eigenvalue weighted by molar-refractivity contribution is -0.870. The van der Waals surface area contributed by atoms with E-state index in [-0.39, 0.29) is 19.1 Å². The maximum absolute atomic E-state index is 12.9. The molecule has 0 saturated heterocycles. The summed E-state index contributed by atoms with van der Waals surface area (Å²) in [6.07, 6.45) is 56.5. The van der Waals surface area contributed by atoms with Crippen molar-refractivity contribution in [2.24, 2.45) is 0 Å². The third-order valence-electron chi connectivity index (χ3n) is 9.83. The fourth-order valence-electron chi connectivity index (χ4n) is 6.12. The monoisotopic (exact) mass is 846 g/mol. The molecule has 9 heteroatoms. The number of amides is 1. The minimum atomic E-state index is -4.36. The molecule has 0 aliphatic heterocycles. The number of nitrogens with one attached hydrogen (secondary N) is 1. The number of aliphatic hydroxyl groups is 1.